The predicted octanol–water partition coefficient (Wildman–Crippen LogP) is 2.62. The number of hydrogen-bond donors (Lipinski definition) is 3. The van der Waals surface area contributed by atoms with Gasteiger partial charge in [0.15, 0.2) is 16.8 Å². The number of thiocarbonyl (C=S) groups is 1. The van der Waals surface area contributed by atoms with Crippen LogP contribution in [0.5, 0.6) is 0 Å². The van der Waals surface area contributed by atoms with E-state index in [1.165, 1.54) is 7.05 Å². The zero-order chi connectivity index (χ0) is 22.0. The van der Waals surface area contributed by atoms with Crippen LogP contribution in [0, 0.1) is 0 Å². The average molecular weight is 435 g/mol. The lowest BCUT2D eigenvalue weighted by atomic mass is 10.2. The Morgan fingerprint density at radius 1 is 1.40 bits per heavy atom. The number of aliphatic imine (C=N–C) groups is 1. The lowest BCUT2D eigenvalue weighted by Gasteiger charge is -2.18. The number of fused-ring (bicyclic) bond motifs is 1. The summed E-state index contributed by atoms with van der Waals surface area (Å²) in [6, 6.07) is 2.85. The van der Waals surface area contributed by atoms with Crippen LogP contribution in [-0.4, -0.2) is 52.8 Å². The molecule has 0 atom stereocenters. The molecular formula is C18H19F2N7O2S. The van der Waals surface area contributed by atoms with Crippen LogP contribution >= 0.6 is 12.2 Å². The van der Waals surface area contributed by atoms with Gasteiger partial charge in [0.05, 0.1) is 17.6 Å². The first-order chi connectivity index (χ1) is 14.2. The molecule has 1 amide bonds. The van der Waals surface area contributed by atoms with Crippen LogP contribution in [0.4, 0.5) is 30.8 Å². The second kappa shape index (κ2) is 8.53. The molecule has 1 aliphatic rings. The van der Waals surface area contributed by atoms with Gasteiger partial charge in [0.25, 0.3) is 6.43 Å². The number of nitrogens with zero attached hydrogens (tertiary/aromatic N) is 5. The van der Waals surface area contributed by atoms with E-state index in [0.717, 1.165) is 41.4 Å². The molecule has 0 radical (unpaired) electrons. The number of halogens is 2. The molecule has 0 fully saturated rings. The first-order valence-electron chi connectivity index (χ1n) is 8.77. The molecule has 158 valence electrons. The minimum atomic E-state index is -2.81. The van der Waals surface area contributed by atoms with Crippen LogP contribution in [0.3, 0.4) is 0 Å². The molecule has 9 nitrogen and oxygen atoms in total. The van der Waals surface area contributed by atoms with Crippen LogP contribution in [-0.2, 0) is 6.42 Å². The molecule has 12 heteroatoms. The van der Waals surface area contributed by atoms with E-state index < -0.39 is 18.1 Å². The number of alkyl halides is 2. The molecule has 2 aromatic heterocycles. The summed E-state index contributed by atoms with van der Waals surface area (Å²) in [4.78, 5) is 26.3. The van der Waals surface area contributed by atoms with Crippen LogP contribution in [0.2, 0.25) is 0 Å². The first-order valence-corrected chi connectivity index (χ1v) is 9.18. The van der Waals surface area contributed by atoms with Crippen molar-refractivity contribution in [2.24, 2.45) is 10.7 Å². The van der Waals surface area contributed by atoms with Gasteiger partial charge in [-0.3, -0.25) is 9.88 Å². The largest absolute Gasteiger partial charge is 0.465 e. The highest BCUT2D eigenvalue weighted by molar-refractivity contribution is 7.80. The van der Waals surface area contributed by atoms with Gasteiger partial charge in [-0.25, -0.2) is 23.6 Å². The fourth-order valence-corrected chi connectivity index (χ4v) is 3.12. The Hall–Kier alpha value is -3.41. The Bertz CT molecular complexity index is 1030. The van der Waals surface area contributed by atoms with Crippen LogP contribution in [0.1, 0.15) is 23.2 Å². The Labute approximate surface area is 176 Å². The number of nitrogens with one attached hydrogen (secondary N) is 1. The molecule has 2 aromatic rings. The lowest BCUT2D eigenvalue weighted by Crippen LogP contribution is -2.26. The van der Waals surface area contributed by atoms with E-state index in [2.05, 4.69) is 25.2 Å². The monoisotopic (exact) mass is 435 g/mol. The molecule has 0 spiro atoms. The number of carboxylic acid groups (broad SMARTS) is 1. The third-order valence-electron chi connectivity index (χ3n) is 4.59. The topological polar surface area (TPSA) is 120 Å². The maximum atomic E-state index is 13.0. The number of carbonyl (C=O) groups is 1. The van der Waals surface area contributed by atoms with E-state index in [4.69, 9.17) is 18.0 Å². The second-order valence-corrected chi connectivity index (χ2v) is 6.96. The molecule has 0 saturated carbocycles. The number of amides is 1. The number of anilines is 3. The first kappa shape index (κ1) is 21.3. The van der Waals surface area contributed by atoms with Crippen molar-refractivity contribution in [3.05, 3.63) is 41.3 Å². The quantitative estimate of drug-likeness (QED) is 0.381. The van der Waals surface area contributed by atoms with Crippen molar-refractivity contribution in [2.45, 2.75) is 12.8 Å². The summed E-state index contributed by atoms with van der Waals surface area (Å²) in [5.74, 6) is 0.0107. The number of aromatic nitrogens is 2. The smallest absolute Gasteiger partial charge is 0.411 e. The Kier molecular flexibility index (Phi) is 6.06. The van der Waals surface area contributed by atoms with Gasteiger partial charge >= 0.3 is 6.09 Å². The van der Waals surface area contributed by atoms with Gasteiger partial charge in [-0.2, -0.15) is 0 Å². The van der Waals surface area contributed by atoms with E-state index in [1.807, 2.05) is 13.1 Å². The van der Waals surface area contributed by atoms with Crippen molar-refractivity contribution in [2.75, 3.05) is 35.8 Å². The van der Waals surface area contributed by atoms with Crippen molar-refractivity contribution in [1.29, 1.82) is 0 Å². The SMILES string of the molecule is CN1CCc2cc(C(N)=NC(=S)Nc3ncc(C(F)F)cc3N(C)C(=O)O)ncc21. The summed E-state index contributed by atoms with van der Waals surface area (Å²) in [5.41, 5.74) is 8.04. The number of nitrogens with two attached hydrogens (primary N) is 1. The maximum Gasteiger partial charge on any atom is 0.411 e. The Morgan fingerprint density at radius 2 is 2.13 bits per heavy atom. The molecule has 0 saturated heterocycles. The summed E-state index contributed by atoms with van der Waals surface area (Å²) in [7, 11) is 3.17. The van der Waals surface area contributed by atoms with Gasteiger partial charge in [0, 0.05) is 32.4 Å². The van der Waals surface area contributed by atoms with Gasteiger partial charge in [-0.1, -0.05) is 0 Å². The van der Waals surface area contributed by atoms with E-state index in [0.29, 0.717) is 5.69 Å². The van der Waals surface area contributed by atoms with Crippen molar-refractivity contribution in [1.82, 2.24) is 9.97 Å². The summed E-state index contributed by atoms with van der Waals surface area (Å²) >= 11 is 5.16. The molecule has 0 aromatic carbocycles. The molecule has 0 aliphatic carbocycles. The van der Waals surface area contributed by atoms with Gasteiger partial charge in [-0.15, -0.1) is 0 Å². The third-order valence-corrected chi connectivity index (χ3v) is 4.79. The minimum Gasteiger partial charge on any atom is -0.465 e. The number of hydrogen-bond acceptors (Lipinski definition) is 5. The molecule has 30 heavy (non-hydrogen) atoms. The van der Waals surface area contributed by atoms with Gasteiger partial charge in [-0.05, 0) is 36.3 Å². The fourth-order valence-electron chi connectivity index (χ4n) is 2.92. The fraction of sp³-hybridized carbons (Fsp3) is 0.278. The number of amidine groups is 1. The van der Waals surface area contributed by atoms with E-state index in [1.54, 1.807) is 6.20 Å². The van der Waals surface area contributed by atoms with Gasteiger partial charge < -0.3 is 21.1 Å². The van der Waals surface area contributed by atoms with Crippen molar-refractivity contribution in [3.63, 3.8) is 0 Å². The maximum absolute atomic E-state index is 13.0. The Balaban J connectivity index is 1.84. The summed E-state index contributed by atoms with van der Waals surface area (Å²) in [6.07, 6.45) is -0.657. The highest BCUT2D eigenvalue weighted by Crippen LogP contribution is 2.29. The average Bonchev–Trinajstić information content (AvgIpc) is 3.07. The summed E-state index contributed by atoms with van der Waals surface area (Å²) in [5, 5.41) is 11.7. The van der Waals surface area contributed by atoms with Crippen molar-refractivity contribution >= 4 is 46.5 Å². The van der Waals surface area contributed by atoms with Gasteiger partial charge in [0.1, 0.15) is 5.69 Å². The van der Waals surface area contributed by atoms with Crippen LogP contribution < -0.4 is 20.9 Å². The molecule has 4 N–H and O–H groups in total. The summed E-state index contributed by atoms with van der Waals surface area (Å²) < 4.78 is 26.0. The normalized spacial score (nSPS) is 13.4. The molecule has 3 heterocycles. The zero-order valence-electron chi connectivity index (χ0n) is 16.1. The lowest BCUT2D eigenvalue weighted by molar-refractivity contribution is 0.151. The molecule has 1 aliphatic heterocycles. The van der Waals surface area contributed by atoms with Crippen LogP contribution in [0.15, 0.2) is 29.5 Å². The zero-order valence-corrected chi connectivity index (χ0v) is 17.0. The number of pyridine rings is 2. The molecule has 3 rings (SSSR count). The predicted molar refractivity (Wildman–Crippen MR) is 114 cm³/mol. The third kappa shape index (κ3) is 4.43. The molecule has 0 bridgehead atoms. The number of likely N-dealkylation sites (N-methyl/N-ethyl adjacent to an activating group) is 1. The summed E-state index contributed by atoms with van der Waals surface area (Å²) in [6.45, 7) is 0.887. The van der Waals surface area contributed by atoms with E-state index in [-0.39, 0.29) is 22.5 Å². The Morgan fingerprint density at radius 3 is 2.80 bits per heavy atom. The molecular weight excluding hydrogens is 416 g/mol. The van der Waals surface area contributed by atoms with Crippen LogP contribution in [0.25, 0.3) is 0 Å². The van der Waals surface area contributed by atoms with Gasteiger partial charge in [0.2, 0.25) is 0 Å². The standard InChI is InChI=1S/C18H19F2N7O2S/c1-26-4-3-9-5-11(22-8-13(9)26)15(21)24-17(30)25-16-12(27(2)18(28)29)6-10(7-23-16)14(19)20/h5-8,14H,3-4H2,1-2H3,(H,28,29)(H3,21,23,24,25,30). The van der Waals surface area contributed by atoms with E-state index >= 15 is 0 Å². The molecule has 0 unspecified atom stereocenters. The number of rotatable bonds is 4. The van der Waals surface area contributed by atoms with E-state index in [9.17, 15) is 18.7 Å². The second-order valence-electron chi connectivity index (χ2n) is 6.58. The minimum absolute atomic E-state index is 0.0469. The van der Waals surface area contributed by atoms with Crippen molar-refractivity contribution in [3.8, 4) is 0 Å². The highest BCUT2D eigenvalue weighted by Gasteiger charge is 2.20. The highest BCUT2D eigenvalue weighted by atomic mass is 32.1. The van der Waals surface area contributed by atoms with Crippen molar-refractivity contribution < 1.29 is 18.7 Å².